The average Bonchev–Trinajstić information content (AvgIpc) is 3.45. The molecule has 2 aromatic rings. The molecule has 0 bridgehead atoms. The Labute approximate surface area is 264 Å². The van der Waals surface area contributed by atoms with E-state index in [0.29, 0.717) is 56.5 Å². The second-order valence-corrected chi connectivity index (χ2v) is 12.0. The van der Waals surface area contributed by atoms with Crippen LogP contribution in [-0.4, -0.2) is 91.2 Å². The van der Waals surface area contributed by atoms with Crippen LogP contribution in [0.3, 0.4) is 0 Å². The van der Waals surface area contributed by atoms with Gasteiger partial charge in [0, 0.05) is 66.9 Å². The zero-order chi connectivity index (χ0) is 33.1. The zero-order valence-corrected chi connectivity index (χ0v) is 25.2. The molecule has 0 aromatic heterocycles. The number of morpholine rings is 1. The summed E-state index contributed by atoms with van der Waals surface area (Å²) in [5.41, 5.74) is -3.90. The van der Waals surface area contributed by atoms with Crippen molar-refractivity contribution >= 4 is 41.5 Å². The van der Waals surface area contributed by atoms with Crippen molar-refractivity contribution in [2.45, 2.75) is 41.0 Å². The number of hydrogen-bond donors (Lipinski definition) is 2. The lowest BCUT2D eigenvalue weighted by molar-refractivity contribution is -0.163. The van der Waals surface area contributed by atoms with Gasteiger partial charge in [-0.15, -0.1) is 0 Å². The third-order valence-electron chi connectivity index (χ3n) is 7.78. The smallest absolute Gasteiger partial charge is 0.382 e. The molecule has 2 aromatic carbocycles. The summed E-state index contributed by atoms with van der Waals surface area (Å²) in [5, 5.41) is 5.88. The van der Waals surface area contributed by atoms with E-state index in [1.54, 1.807) is 23.1 Å². The molecule has 0 radical (unpaired) electrons. The molecule has 3 aliphatic rings. The van der Waals surface area contributed by atoms with Crippen LogP contribution >= 0.6 is 11.8 Å². The Hall–Kier alpha value is -3.92. The van der Waals surface area contributed by atoms with E-state index in [0.717, 1.165) is 29.2 Å². The number of nitrogens with one attached hydrogen (secondary N) is 2. The number of benzene rings is 2. The highest BCUT2D eigenvalue weighted by atomic mass is 32.2. The van der Waals surface area contributed by atoms with Crippen LogP contribution in [0.4, 0.5) is 41.6 Å². The number of halogens is 6. The molecule has 16 heteroatoms. The van der Waals surface area contributed by atoms with Crippen LogP contribution in [0.25, 0.3) is 6.08 Å². The summed E-state index contributed by atoms with van der Waals surface area (Å²) in [4.78, 5) is 40.6. The molecule has 0 unspecified atom stereocenters. The molecule has 9 nitrogen and oxygen atoms in total. The lowest BCUT2D eigenvalue weighted by Crippen LogP contribution is -2.49. The lowest BCUT2D eigenvalue weighted by Gasteiger charge is -2.34. The Kier molecular flexibility index (Phi) is 10.1. The van der Waals surface area contributed by atoms with Crippen LogP contribution in [0.1, 0.15) is 29.5 Å². The van der Waals surface area contributed by atoms with Crippen molar-refractivity contribution in [3.05, 3.63) is 59.2 Å². The number of alkyl halides is 6. The first-order valence-corrected chi connectivity index (χ1v) is 15.4. The van der Waals surface area contributed by atoms with Gasteiger partial charge in [0.2, 0.25) is 5.91 Å². The average molecular weight is 672 g/mol. The highest BCUT2D eigenvalue weighted by molar-refractivity contribution is 7.99. The van der Waals surface area contributed by atoms with E-state index in [4.69, 9.17) is 4.74 Å². The molecule has 3 saturated heterocycles. The van der Waals surface area contributed by atoms with E-state index in [1.165, 1.54) is 11.0 Å². The van der Waals surface area contributed by atoms with Crippen molar-refractivity contribution in [1.29, 1.82) is 0 Å². The molecule has 248 valence electrons. The standard InChI is InChI=1S/C30H31F6N5O4S/c31-29(32,33)25-19(5-7-24(42)39-14-16-45-17-15-39)4-6-23(26(25)30(34,35)36)46-22-3-1-2-21(18-22)38-20-8-11-40(12-9-20)28(44)41-13-10-37-27(41)43/h1-7,18,20,38H,8-17H2,(H,37,43). The zero-order valence-electron chi connectivity index (χ0n) is 24.4. The number of imide groups is 1. The quantitative estimate of drug-likeness (QED) is 0.300. The monoisotopic (exact) mass is 671 g/mol. The fraction of sp³-hybridized carbons (Fsp3) is 0.433. The highest BCUT2D eigenvalue weighted by Gasteiger charge is 2.46. The summed E-state index contributed by atoms with van der Waals surface area (Å²) in [6.45, 7) is 2.45. The number of hydrogen-bond acceptors (Lipinski definition) is 6. The second kappa shape index (κ2) is 13.8. The van der Waals surface area contributed by atoms with Crippen molar-refractivity contribution in [2.24, 2.45) is 0 Å². The molecule has 0 atom stereocenters. The van der Waals surface area contributed by atoms with E-state index in [2.05, 4.69) is 10.6 Å². The number of carbonyl (C=O) groups excluding carboxylic acids is 3. The van der Waals surface area contributed by atoms with E-state index in [9.17, 15) is 40.7 Å². The molecule has 0 saturated carbocycles. The fourth-order valence-corrected chi connectivity index (χ4v) is 6.56. The molecule has 5 amide bonds. The van der Waals surface area contributed by atoms with Crippen molar-refractivity contribution in [3.8, 4) is 0 Å². The first-order valence-electron chi connectivity index (χ1n) is 14.6. The van der Waals surface area contributed by atoms with Gasteiger partial charge in [-0.05, 0) is 48.7 Å². The number of urea groups is 2. The van der Waals surface area contributed by atoms with Gasteiger partial charge < -0.3 is 25.2 Å². The summed E-state index contributed by atoms with van der Waals surface area (Å²) >= 11 is 0.553. The second-order valence-electron chi connectivity index (χ2n) is 10.9. The molecule has 3 aliphatic heterocycles. The summed E-state index contributed by atoms with van der Waals surface area (Å²) in [6, 6.07) is 7.38. The first kappa shape index (κ1) is 33.4. The minimum Gasteiger partial charge on any atom is -0.382 e. The highest BCUT2D eigenvalue weighted by Crippen LogP contribution is 2.48. The number of nitrogens with zero attached hydrogens (tertiary/aromatic N) is 3. The third kappa shape index (κ3) is 7.89. The maximum atomic E-state index is 14.3. The van der Waals surface area contributed by atoms with Gasteiger partial charge in [0.15, 0.2) is 0 Å². The predicted octanol–water partition coefficient (Wildman–Crippen LogP) is 5.77. The van der Waals surface area contributed by atoms with E-state index in [-0.39, 0.29) is 43.3 Å². The van der Waals surface area contributed by atoms with Gasteiger partial charge in [0.1, 0.15) is 0 Å². The summed E-state index contributed by atoms with van der Waals surface area (Å²) < 4.78 is 90.8. The number of carbonyl (C=O) groups is 3. The van der Waals surface area contributed by atoms with Crippen LogP contribution in [-0.2, 0) is 21.9 Å². The first-order chi connectivity index (χ1) is 21.8. The minimum atomic E-state index is -5.36. The molecule has 0 aliphatic carbocycles. The van der Waals surface area contributed by atoms with Crippen LogP contribution < -0.4 is 10.6 Å². The SMILES string of the molecule is O=C(C=Cc1ccc(Sc2cccc(NC3CCN(C(=O)N4CCNC4=O)CC3)c2)c(C(F)(F)F)c1C(F)(F)F)N1CCOCC1. The molecule has 46 heavy (non-hydrogen) atoms. The molecular weight excluding hydrogens is 640 g/mol. The number of anilines is 1. The van der Waals surface area contributed by atoms with Gasteiger partial charge in [-0.2, -0.15) is 26.3 Å². The van der Waals surface area contributed by atoms with E-state index in [1.807, 2.05) is 0 Å². The van der Waals surface area contributed by atoms with Gasteiger partial charge in [-0.3, -0.25) is 4.79 Å². The van der Waals surface area contributed by atoms with Crippen molar-refractivity contribution in [1.82, 2.24) is 20.0 Å². The largest absolute Gasteiger partial charge is 0.418 e. The maximum Gasteiger partial charge on any atom is 0.418 e. The molecule has 3 heterocycles. The fourth-order valence-electron chi connectivity index (χ4n) is 5.51. The predicted molar refractivity (Wildman–Crippen MR) is 157 cm³/mol. The molecule has 2 N–H and O–H groups in total. The Morgan fingerprint density at radius 3 is 2.24 bits per heavy atom. The molecule has 3 fully saturated rings. The Morgan fingerprint density at radius 2 is 1.61 bits per heavy atom. The van der Waals surface area contributed by atoms with Gasteiger partial charge in [0.25, 0.3) is 0 Å². The van der Waals surface area contributed by atoms with Crippen molar-refractivity contribution in [3.63, 3.8) is 0 Å². The van der Waals surface area contributed by atoms with E-state index < -0.39 is 45.9 Å². The van der Waals surface area contributed by atoms with Crippen LogP contribution in [0.5, 0.6) is 0 Å². The summed E-state index contributed by atoms with van der Waals surface area (Å²) in [6.07, 6.45) is -7.98. The van der Waals surface area contributed by atoms with Crippen molar-refractivity contribution < 1.29 is 45.5 Å². The number of amides is 5. The molecule has 0 spiro atoms. The molecule has 5 rings (SSSR count). The topological polar surface area (TPSA) is 94.2 Å². The number of ether oxygens (including phenoxy) is 1. The third-order valence-corrected chi connectivity index (χ3v) is 8.83. The summed E-state index contributed by atoms with van der Waals surface area (Å²) in [5.74, 6) is -0.621. The number of piperidine rings is 1. The van der Waals surface area contributed by atoms with Gasteiger partial charge in [-0.25, -0.2) is 14.5 Å². The number of rotatable bonds is 6. The van der Waals surface area contributed by atoms with Crippen molar-refractivity contribution in [2.75, 3.05) is 57.8 Å². The lowest BCUT2D eigenvalue weighted by atomic mass is 9.99. The Morgan fingerprint density at radius 1 is 0.913 bits per heavy atom. The Balaban J connectivity index is 1.32. The van der Waals surface area contributed by atoms with Gasteiger partial charge in [-0.1, -0.05) is 23.9 Å². The van der Waals surface area contributed by atoms with Crippen LogP contribution in [0, 0.1) is 0 Å². The van der Waals surface area contributed by atoms with Gasteiger partial charge in [0.05, 0.1) is 24.3 Å². The summed E-state index contributed by atoms with van der Waals surface area (Å²) in [7, 11) is 0. The Bertz CT molecular complexity index is 1490. The van der Waals surface area contributed by atoms with Gasteiger partial charge >= 0.3 is 24.4 Å². The van der Waals surface area contributed by atoms with Crippen LogP contribution in [0.2, 0.25) is 0 Å². The minimum absolute atomic E-state index is 0.0782. The maximum absolute atomic E-state index is 14.3. The van der Waals surface area contributed by atoms with E-state index >= 15 is 0 Å². The number of likely N-dealkylation sites (tertiary alicyclic amines) is 1. The van der Waals surface area contributed by atoms with Crippen LogP contribution in [0.15, 0.2) is 52.3 Å². The normalized spacial score (nSPS) is 18.3. The molecular formula is C30H31F6N5O4S.